The largest absolute Gasteiger partial charge is 0.496 e. The van der Waals surface area contributed by atoms with Gasteiger partial charge in [-0.15, -0.1) is 11.8 Å². The molecule has 0 bridgehead atoms. The van der Waals surface area contributed by atoms with E-state index in [4.69, 9.17) is 4.74 Å². The van der Waals surface area contributed by atoms with E-state index in [2.05, 4.69) is 37.1 Å². The average molecular weight is 428 g/mol. The molecule has 3 N–H and O–H groups in total. The predicted molar refractivity (Wildman–Crippen MR) is 118 cm³/mol. The molecule has 3 rings (SSSR count). The van der Waals surface area contributed by atoms with Crippen molar-refractivity contribution in [3.63, 3.8) is 0 Å². The van der Waals surface area contributed by atoms with Crippen LogP contribution < -0.4 is 20.7 Å². The van der Waals surface area contributed by atoms with Crippen LogP contribution in [-0.2, 0) is 17.9 Å². The first-order chi connectivity index (χ1) is 14.5. The Morgan fingerprint density at radius 1 is 1.30 bits per heavy atom. The number of hydrogen-bond acceptors (Lipinski definition) is 8. The van der Waals surface area contributed by atoms with Gasteiger partial charge in [0.05, 0.1) is 19.0 Å². The summed E-state index contributed by atoms with van der Waals surface area (Å²) in [4.78, 5) is 21.5. The number of aryl methyl sites for hydroxylation is 1. The molecule has 0 spiro atoms. The Labute approximate surface area is 179 Å². The Morgan fingerprint density at radius 2 is 2.13 bits per heavy atom. The molecule has 0 saturated heterocycles. The SMILES string of the molecule is CNC(=O)Cn1cc(Nc2ncc(C)c(NCc3cc(SC)ccc3OC)n2)cn1. The maximum atomic E-state index is 11.5. The second-order valence-electron chi connectivity index (χ2n) is 6.48. The van der Waals surface area contributed by atoms with E-state index in [9.17, 15) is 4.79 Å². The second-order valence-corrected chi connectivity index (χ2v) is 7.36. The van der Waals surface area contributed by atoms with Gasteiger partial charge in [0.2, 0.25) is 11.9 Å². The monoisotopic (exact) mass is 427 g/mol. The topological polar surface area (TPSA) is 106 Å². The van der Waals surface area contributed by atoms with E-state index in [1.807, 2.05) is 25.3 Å². The zero-order valence-electron chi connectivity index (χ0n) is 17.4. The van der Waals surface area contributed by atoms with Crippen LogP contribution in [0.5, 0.6) is 5.75 Å². The number of nitrogens with one attached hydrogen (secondary N) is 3. The number of ether oxygens (including phenoxy) is 1. The number of benzene rings is 1. The lowest BCUT2D eigenvalue weighted by Gasteiger charge is -2.13. The van der Waals surface area contributed by atoms with Crippen molar-refractivity contribution in [3.8, 4) is 5.75 Å². The number of nitrogens with zero attached hydrogens (tertiary/aromatic N) is 4. The quantitative estimate of drug-likeness (QED) is 0.448. The van der Waals surface area contributed by atoms with Gasteiger partial charge in [-0.1, -0.05) is 0 Å². The highest BCUT2D eigenvalue weighted by Gasteiger charge is 2.09. The number of methoxy groups -OCH3 is 1. The Morgan fingerprint density at radius 3 is 2.87 bits per heavy atom. The average Bonchev–Trinajstić information content (AvgIpc) is 3.20. The van der Waals surface area contributed by atoms with Crippen molar-refractivity contribution < 1.29 is 9.53 Å². The van der Waals surface area contributed by atoms with Gasteiger partial charge >= 0.3 is 0 Å². The van der Waals surface area contributed by atoms with E-state index in [1.165, 1.54) is 4.90 Å². The highest BCUT2D eigenvalue weighted by atomic mass is 32.2. The predicted octanol–water partition coefficient (Wildman–Crippen LogP) is 2.81. The molecule has 0 saturated carbocycles. The number of carbonyl (C=O) groups is 1. The van der Waals surface area contributed by atoms with Gasteiger partial charge in [0.1, 0.15) is 18.1 Å². The summed E-state index contributed by atoms with van der Waals surface area (Å²) >= 11 is 1.69. The van der Waals surface area contributed by atoms with E-state index >= 15 is 0 Å². The standard InChI is InChI=1S/C20H25N7O2S/c1-13-8-23-20(25-15-10-24-27(11-15)12-18(28)21-2)26-19(13)22-9-14-7-16(30-4)5-6-17(14)29-3/h5-8,10-11H,9,12H2,1-4H3,(H,21,28)(H2,22,23,25,26). The van der Waals surface area contributed by atoms with Gasteiger partial charge in [0.25, 0.3) is 0 Å². The van der Waals surface area contributed by atoms with Gasteiger partial charge in [0, 0.05) is 42.0 Å². The molecule has 30 heavy (non-hydrogen) atoms. The number of amides is 1. The van der Waals surface area contributed by atoms with Crippen molar-refractivity contribution in [2.75, 3.05) is 31.0 Å². The molecule has 0 aliphatic carbocycles. The fourth-order valence-electron chi connectivity index (χ4n) is 2.75. The lowest BCUT2D eigenvalue weighted by atomic mass is 10.2. The van der Waals surface area contributed by atoms with Crippen LogP contribution >= 0.6 is 11.8 Å². The van der Waals surface area contributed by atoms with E-state index in [-0.39, 0.29) is 12.5 Å². The lowest BCUT2D eigenvalue weighted by Crippen LogP contribution is -2.23. The highest BCUT2D eigenvalue weighted by Crippen LogP contribution is 2.26. The fourth-order valence-corrected chi connectivity index (χ4v) is 3.21. The first-order valence-electron chi connectivity index (χ1n) is 9.31. The maximum absolute atomic E-state index is 11.5. The molecule has 0 atom stereocenters. The van der Waals surface area contributed by atoms with Crippen LogP contribution in [0.15, 0.2) is 41.7 Å². The molecule has 10 heteroatoms. The first kappa shape index (κ1) is 21.4. The maximum Gasteiger partial charge on any atom is 0.241 e. The number of rotatable bonds is 9. The summed E-state index contributed by atoms with van der Waals surface area (Å²) in [6.07, 6.45) is 7.15. The summed E-state index contributed by atoms with van der Waals surface area (Å²) in [7, 11) is 3.26. The Kier molecular flexibility index (Phi) is 7.12. The van der Waals surface area contributed by atoms with Gasteiger partial charge in [-0.3, -0.25) is 9.48 Å². The van der Waals surface area contributed by atoms with Crippen LogP contribution in [0, 0.1) is 6.92 Å². The Hall–Kier alpha value is -3.27. The highest BCUT2D eigenvalue weighted by molar-refractivity contribution is 7.98. The van der Waals surface area contributed by atoms with Crippen LogP contribution in [0.1, 0.15) is 11.1 Å². The van der Waals surface area contributed by atoms with Crippen molar-refractivity contribution in [1.82, 2.24) is 25.1 Å². The van der Waals surface area contributed by atoms with Crippen LogP contribution in [0.3, 0.4) is 0 Å². The van der Waals surface area contributed by atoms with Crippen molar-refractivity contribution >= 4 is 35.1 Å². The molecule has 2 heterocycles. The van der Waals surface area contributed by atoms with Crippen molar-refractivity contribution in [1.29, 1.82) is 0 Å². The summed E-state index contributed by atoms with van der Waals surface area (Å²) in [5, 5.41) is 13.2. The minimum atomic E-state index is -0.122. The van der Waals surface area contributed by atoms with Gasteiger partial charge < -0.3 is 20.7 Å². The van der Waals surface area contributed by atoms with E-state index in [1.54, 1.807) is 49.2 Å². The molecule has 0 aliphatic heterocycles. The number of aromatic nitrogens is 4. The van der Waals surface area contributed by atoms with Crippen molar-refractivity contribution in [2.45, 2.75) is 24.9 Å². The normalized spacial score (nSPS) is 10.5. The Bertz CT molecular complexity index is 1020. The van der Waals surface area contributed by atoms with Gasteiger partial charge in [-0.25, -0.2) is 4.98 Å². The van der Waals surface area contributed by atoms with E-state index < -0.39 is 0 Å². The zero-order chi connectivity index (χ0) is 21.5. The first-order valence-corrected chi connectivity index (χ1v) is 10.5. The van der Waals surface area contributed by atoms with Gasteiger partial charge in [-0.05, 0) is 31.4 Å². The van der Waals surface area contributed by atoms with E-state index in [0.717, 1.165) is 22.7 Å². The number of hydrogen-bond donors (Lipinski definition) is 3. The molecule has 0 fully saturated rings. The third-order valence-corrected chi connectivity index (χ3v) is 5.10. The molecular formula is C20H25N7O2S. The summed E-state index contributed by atoms with van der Waals surface area (Å²) in [6, 6.07) is 6.11. The molecule has 2 aromatic heterocycles. The molecule has 1 aromatic carbocycles. The number of likely N-dealkylation sites (N-methyl/N-ethyl adjacent to an activating group) is 1. The molecule has 9 nitrogen and oxygen atoms in total. The number of thioether (sulfide) groups is 1. The van der Waals surface area contributed by atoms with Crippen LogP contribution in [0.4, 0.5) is 17.5 Å². The lowest BCUT2D eigenvalue weighted by molar-refractivity contribution is -0.121. The van der Waals surface area contributed by atoms with Gasteiger partial charge in [0.15, 0.2) is 0 Å². The van der Waals surface area contributed by atoms with Crippen LogP contribution in [-0.4, -0.2) is 46.1 Å². The summed E-state index contributed by atoms with van der Waals surface area (Å²) in [6.45, 7) is 2.67. The second kappa shape index (κ2) is 9.97. The smallest absolute Gasteiger partial charge is 0.241 e. The number of anilines is 3. The van der Waals surface area contributed by atoms with Crippen LogP contribution in [0.25, 0.3) is 0 Å². The van der Waals surface area contributed by atoms with E-state index in [0.29, 0.717) is 18.2 Å². The fraction of sp³-hybridized carbons (Fsp3) is 0.300. The molecule has 158 valence electrons. The molecule has 1 amide bonds. The van der Waals surface area contributed by atoms with Gasteiger partial charge in [-0.2, -0.15) is 10.1 Å². The van der Waals surface area contributed by atoms with Crippen molar-refractivity contribution in [3.05, 3.63) is 47.9 Å². The van der Waals surface area contributed by atoms with Crippen molar-refractivity contribution in [2.24, 2.45) is 0 Å². The summed E-state index contributed by atoms with van der Waals surface area (Å²) < 4.78 is 7.01. The summed E-state index contributed by atoms with van der Waals surface area (Å²) in [5.74, 6) is 1.87. The molecule has 0 radical (unpaired) electrons. The molecule has 3 aromatic rings. The molecule has 0 aliphatic rings. The summed E-state index contributed by atoms with van der Waals surface area (Å²) in [5.41, 5.74) is 2.67. The zero-order valence-corrected chi connectivity index (χ0v) is 18.2. The Balaban J connectivity index is 1.71. The third-order valence-electron chi connectivity index (χ3n) is 4.38. The third kappa shape index (κ3) is 5.41. The van der Waals surface area contributed by atoms with Crippen LogP contribution in [0.2, 0.25) is 0 Å². The molecule has 0 unspecified atom stereocenters. The minimum Gasteiger partial charge on any atom is -0.496 e. The molecular weight excluding hydrogens is 402 g/mol. The number of carbonyl (C=O) groups excluding carboxylic acids is 1. The minimum absolute atomic E-state index is 0.122.